The zero-order valence-electron chi connectivity index (χ0n) is 12.1. The molecule has 0 bridgehead atoms. The van der Waals surface area contributed by atoms with Crippen LogP contribution in [0.25, 0.3) is 0 Å². The largest absolute Gasteiger partial charge is 0.326 e. The number of anilines is 1. The van der Waals surface area contributed by atoms with Gasteiger partial charge >= 0.3 is 0 Å². The molecule has 4 nitrogen and oxygen atoms in total. The quantitative estimate of drug-likeness (QED) is 0.862. The Balaban J connectivity index is 1.54. The summed E-state index contributed by atoms with van der Waals surface area (Å²) in [4.78, 5) is 13.8. The molecule has 1 amide bonds. The van der Waals surface area contributed by atoms with Gasteiger partial charge in [0.25, 0.3) is 0 Å². The topological polar surface area (TPSA) is 44.4 Å². The summed E-state index contributed by atoms with van der Waals surface area (Å²) >= 11 is 0. The number of likely N-dealkylation sites (tertiary alicyclic amines) is 1. The average molecular weight is 273 g/mol. The van der Waals surface area contributed by atoms with Crippen molar-refractivity contribution in [3.05, 3.63) is 29.8 Å². The number of nitrogens with zero attached hydrogens (tertiary/aromatic N) is 1. The molecule has 1 unspecified atom stereocenters. The van der Waals surface area contributed by atoms with Gasteiger partial charge in [-0.1, -0.05) is 18.2 Å². The Hall–Kier alpha value is -1.39. The molecular formula is C16H23N3O. The first-order valence-electron chi connectivity index (χ1n) is 7.55. The molecule has 1 aliphatic heterocycles. The van der Waals surface area contributed by atoms with Crippen molar-refractivity contribution in [1.82, 2.24) is 10.2 Å². The molecule has 0 aromatic heterocycles. The van der Waals surface area contributed by atoms with Gasteiger partial charge in [0.2, 0.25) is 5.91 Å². The van der Waals surface area contributed by atoms with E-state index in [4.69, 9.17) is 0 Å². The van der Waals surface area contributed by atoms with Crippen molar-refractivity contribution in [3.63, 3.8) is 0 Å². The molecule has 1 heterocycles. The maximum absolute atomic E-state index is 11.2. The number of benzene rings is 1. The highest BCUT2D eigenvalue weighted by molar-refractivity contribution is 5.89. The van der Waals surface area contributed by atoms with Gasteiger partial charge < -0.3 is 10.6 Å². The Morgan fingerprint density at radius 2 is 2.10 bits per heavy atom. The first-order valence-corrected chi connectivity index (χ1v) is 7.55. The molecule has 1 saturated heterocycles. The van der Waals surface area contributed by atoms with Crippen LogP contribution in [0.2, 0.25) is 0 Å². The van der Waals surface area contributed by atoms with Crippen molar-refractivity contribution < 1.29 is 4.79 Å². The molecular weight excluding hydrogens is 250 g/mol. The van der Waals surface area contributed by atoms with Crippen LogP contribution in [0.5, 0.6) is 0 Å². The van der Waals surface area contributed by atoms with Crippen molar-refractivity contribution in [2.45, 2.75) is 44.8 Å². The van der Waals surface area contributed by atoms with Crippen LogP contribution in [0, 0.1) is 0 Å². The van der Waals surface area contributed by atoms with Gasteiger partial charge in [0.05, 0.1) is 0 Å². The van der Waals surface area contributed by atoms with Gasteiger partial charge in [0.15, 0.2) is 0 Å². The van der Waals surface area contributed by atoms with E-state index in [2.05, 4.69) is 21.6 Å². The number of amides is 1. The summed E-state index contributed by atoms with van der Waals surface area (Å²) < 4.78 is 0. The summed E-state index contributed by atoms with van der Waals surface area (Å²) in [6.07, 6.45) is 4.01. The lowest BCUT2D eigenvalue weighted by Gasteiger charge is -2.17. The van der Waals surface area contributed by atoms with Gasteiger partial charge in [0.1, 0.15) is 0 Å². The van der Waals surface area contributed by atoms with Crippen molar-refractivity contribution in [3.8, 4) is 0 Å². The molecule has 1 aliphatic carbocycles. The first-order chi connectivity index (χ1) is 9.72. The summed E-state index contributed by atoms with van der Waals surface area (Å²) in [6, 6.07) is 9.47. The van der Waals surface area contributed by atoms with Gasteiger partial charge in [-0.05, 0) is 30.9 Å². The predicted molar refractivity (Wildman–Crippen MR) is 80.6 cm³/mol. The van der Waals surface area contributed by atoms with Gasteiger partial charge in [-0.15, -0.1) is 0 Å². The SMILES string of the molecule is CC(=O)Nc1ccccc1CNC1CCN(C2CC2)C1. The minimum Gasteiger partial charge on any atom is -0.326 e. The maximum atomic E-state index is 11.2. The molecule has 1 aromatic carbocycles. The number of carbonyl (C=O) groups excluding carboxylic acids is 1. The standard InChI is InChI=1S/C16H23N3O/c1-12(20)18-16-5-3-2-4-13(16)10-17-14-8-9-19(11-14)15-6-7-15/h2-5,14-15,17H,6-11H2,1H3,(H,18,20). The van der Waals surface area contributed by atoms with Crippen molar-refractivity contribution in [2.24, 2.45) is 0 Å². The lowest BCUT2D eigenvalue weighted by Crippen LogP contribution is -2.33. The highest BCUT2D eigenvalue weighted by Gasteiger charge is 2.34. The Kier molecular flexibility index (Phi) is 4.03. The predicted octanol–water partition coefficient (Wildman–Crippen LogP) is 1.97. The molecule has 2 N–H and O–H groups in total. The van der Waals surface area contributed by atoms with Crippen LogP contribution in [0.1, 0.15) is 31.7 Å². The van der Waals surface area contributed by atoms with E-state index in [0.717, 1.165) is 23.8 Å². The van der Waals surface area contributed by atoms with Gasteiger partial charge in [0, 0.05) is 44.3 Å². The minimum atomic E-state index is -0.0155. The molecule has 20 heavy (non-hydrogen) atoms. The Morgan fingerprint density at radius 3 is 2.85 bits per heavy atom. The molecule has 1 aromatic rings. The highest BCUT2D eigenvalue weighted by atomic mass is 16.1. The third-order valence-electron chi connectivity index (χ3n) is 4.19. The fraction of sp³-hybridized carbons (Fsp3) is 0.562. The summed E-state index contributed by atoms with van der Waals surface area (Å²) in [5.74, 6) is -0.0155. The monoisotopic (exact) mass is 273 g/mol. The third kappa shape index (κ3) is 3.38. The Bertz CT molecular complexity index is 484. The molecule has 3 rings (SSSR count). The van der Waals surface area contributed by atoms with Crippen LogP contribution in [0.15, 0.2) is 24.3 Å². The summed E-state index contributed by atoms with van der Waals surface area (Å²) in [5.41, 5.74) is 2.08. The van der Waals surface area contributed by atoms with E-state index < -0.39 is 0 Å². The van der Waals surface area contributed by atoms with E-state index >= 15 is 0 Å². The summed E-state index contributed by atoms with van der Waals surface area (Å²) in [5, 5.41) is 6.53. The highest BCUT2D eigenvalue weighted by Crippen LogP contribution is 2.29. The molecule has 2 fully saturated rings. The van der Waals surface area contributed by atoms with Gasteiger partial charge in [-0.2, -0.15) is 0 Å². The number of nitrogens with one attached hydrogen (secondary N) is 2. The Labute approximate surface area is 120 Å². The molecule has 1 atom stereocenters. The van der Waals surface area contributed by atoms with Crippen LogP contribution in [0.3, 0.4) is 0 Å². The van der Waals surface area contributed by atoms with E-state index in [1.54, 1.807) is 6.92 Å². The second-order valence-corrected chi connectivity index (χ2v) is 5.93. The number of rotatable bonds is 5. The lowest BCUT2D eigenvalue weighted by atomic mass is 10.1. The second-order valence-electron chi connectivity index (χ2n) is 5.93. The molecule has 108 valence electrons. The van der Waals surface area contributed by atoms with Crippen LogP contribution in [-0.2, 0) is 11.3 Å². The molecule has 0 spiro atoms. The van der Waals surface area contributed by atoms with E-state index in [9.17, 15) is 4.79 Å². The van der Waals surface area contributed by atoms with E-state index in [1.165, 1.54) is 32.4 Å². The third-order valence-corrected chi connectivity index (χ3v) is 4.19. The lowest BCUT2D eigenvalue weighted by molar-refractivity contribution is -0.114. The smallest absolute Gasteiger partial charge is 0.221 e. The second kappa shape index (κ2) is 5.94. The van der Waals surface area contributed by atoms with Gasteiger partial charge in [-0.3, -0.25) is 9.69 Å². The summed E-state index contributed by atoms with van der Waals surface area (Å²) in [6.45, 7) is 4.77. The summed E-state index contributed by atoms with van der Waals surface area (Å²) in [7, 11) is 0. The zero-order valence-corrected chi connectivity index (χ0v) is 12.1. The fourth-order valence-electron chi connectivity index (χ4n) is 2.97. The number of carbonyl (C=O) groups is 1. The van der Waals surface area contributed by atoms with E-state index in [0.29, 0.717) is 6.04 Å². The minimum absolute atomic E-state index is 0.0155. The van der Waals surface area contributed by atoms with Crippen molar-refractivity contribution >= 4 is 11.6 Å². The van der Waals surface area contributed by atoms with Crippen molar-refractivity contribution in [2.75, 3.05) is 18.4 Å². The maximum Gasteiger partial charge on any atom is 0.221 e. The average Bonchev–Trinajstić information content (AvgIpc) is 3.17. The normalized spacial score (nSPS) is 22.9. The van der Waals surface area contributed by atoms with Crippen LogP contribution < -0.4 is 10.6 Å². The molecule has 0 radical (unpaired) electrons. The first kappa shape index (κ1) is 13.6. The molecule has 4 heteroatoms. The number of para-hydroxylation sites is 1. The molecule has 2 aliphatic rings. The Morgan fingerprint density at radius 1 is 1.30 bits per heavy atom. The van der Waals surface area contributed by atoms with Gasteiger partial charge in [-0.25, -0.2) is 0 Å². The van der Waals surface area contributed by atoms with Crippen LogP contribution >= 0.6 is 0 Å². The number of hydrogen-bond donors (Lipinski definition) is 2. The van der Waals surface area contributed by atoms with Crippen LogP contribution in [-0.4, -0.2) is 36.0 Å². The number of hydrogen-bond acceptors (Lipinski definition) is 3. The van der Waals surface area contributed by atoms with Crippen molar-refractivity contribution in [1.29, 1.82) is 0 Å². The molecule has 1 saturated carbocycles. The fourth-order valence-corrected chi connectivity index (χ4v) is 2.97. The van der Waals surface area contributed by atoms with E-state index in [-0.39, 0.29) is 5.91 Å². The van der Waals surface area contributed by atoms with E-state index in [1.807, 2.05) is 18.2 Å². The zero-order chi connectivity index (χ0) is 13.9. The van der Waals surface area contributed by atoms with Crippen LogP contribution in [0.4, 0.5) is 5.69 Å².